The lowest BCUT2D eigenvalue weighted by Crippen LogP contribution is -2.39. The molecule has 3 aliphatic rings. The van der Waals surface area contributed by atoms with E-state index in [0.717, 1.165) is 30.8 Å². The average molecular weight is 272 g/mol. The lowest BCUT2D eigenvalue weighted by atomic mass is 10.1. The summed E-state index contributed by atoms with van der Waals surface area (Å²) in [6.07, 6.45) is 5.49. The van der Waals surface area contributed by atoms with Crippen molar-refractivity contribution < 1.29 is 4.74 Å². The standard InChI is InChI=1S/C17H24N2O/c1-12-8-14(11-19(12)15-6-7-15)18-10-16-9-13-4-2-3-5-17(13)20-16/h2-5,12,14-16,18H,6-11H2,1H3. The van der Waals surface area contributed by atoms with Gasteiger partial charge in [0, 0.05) is 37.6 Å². The molecular formula is C17H24N2O. The van der Waals surface area contributed by atoms with Crippen molar-refractivity contribution in [2.24, 2.45) is 0 Å². The minimum absolute atomic E-state index is 0.317. The first-order valence-corrected chi connectivity index (χ1v) is 8.03. The lowest BCUT2D eigenvalue weighted by Gasteiger charge is -2.20. The van der Waals surface area contributed by atoms with E-state index in [0.29, 0.717) is 12.1 Å². The maximum Gasteiger partial charge on any atom is 0.123 e. The summed E-state index contributed by atoms with van der Waals surface area (Å²) in [6, 6.07) is 10.7. The van der Waals surface area contributed by atoms with Gasteiger partial charge in [0.05, 0.1) is 0 Å². The highest BCUT2D eigenvalue weighted by Gasteiger charge is 2.38. The van der Waals surface area contributed by atoms with Gasteiger partial charge in [-0.25, -0.2) is 0 Å². The summed E-state index contributed by atoms with van der Waals surface area (Å²) in [4.78, 5) is 2.70. The number of hydrogen-bond donors (Lipinski definition) is 1. The van der Waals surface area contributed by atoms with Crippen LogP contribution < -0.4 is 10.1 Å². The summed E-state index contributed by atoms with van der Waals surface area (Å²) in [7, 11) is 0. The number of likely N-dealkylation sites (tertiary alicyclic amines) is 1. The Bertz CT molecular complexity index is 461. The van der Waals surface area contributed by atoms with Gasteiger partial charge in [0.15, 0.2) is 0 Å². The van der Waals surface area contributed by atoms with Crippen LogP contribution in [0.5, 0.6) is 5.75 Å². The first kappa shape index (κ1) is 12.7. The van der Waals surface area contributed by atoms with Crippen molar-refractivity contribution >= 4 is 0 Å². The molecule has 1 saturated heterocycles. The number of ether oxygens (including phenoxy) is 1. The van der Waals surface area contributed by atoms with Crippen molar-refractivity contribution in [3.63, 3.8) is 0 Å². The fourth-order valence-electron chi connectivity index (χ4n) is 3.79. The van der Waals surface area contributed by atoms with E-state index in [1.807, 2.05) is 0 Å². The maximum absolute atomic E-state index is 6.00. The van der Waals surface area contributed by atoms with Crippen molar-refractivity contribution in [3.8, 4) is 5.75 Å². The van der Waals surface area contributed by atoms with Crippen LogP contribution in [0.15, 0.2) is 24.3 Å². The van der Waals surface area contributed by atoms with Gasteiger partial charge in [-0.15, -0.1) is 0 Å². The van der Waals surface area contributed by atoms with Gasteiger partial charge < -0.3 is 10.1 Å². The minimum atomic E-state index is 0.317. The second-order valence-corrected chi connectivity index (χ2v) is 6.67. The molecule has 2 heterocycles. The van der Waals surface area contributed by atoms with Crippen molar-refractivity contribution in [1.29, 1.82) is 0 Å². The van der Waals surface area contributed by atoms with Crippen molar-refractivity contribution in [1.82, 2.24) is 10.2 Å². The second-order valence-electron chi connectivity index (χ2n) is 6.67. The molecule has 1 aliphatic carbocycles. The van der Waals surface area contributed by atoms with Gasteiger partial charge in [0.25, 0.3) is 0 Å². The van der Waals surface area contributed by atoms with Crippen molar-refractivity contribution in [2.45, 2.75) is 56.8 Å². The molecule has 0 radical (unpaired) electrons. The normalized spacial score (nSPS) is 33.1. The van der Waals surface area contributed by atoms with Crippen molar-refractivity contribution in [2.75, 3.05) is 13.1 Å². The lowest BCUT2D eigenvalue weighted by molar-refractivity contribution is 0.218. The molecule has 0 amide bonds. The first-order valence-electron chi connectivity index (χ1n) is 8.03. The van der Waals surface area contributed by atoms with E-state index in [1.165, 1.54) is 31.4 Å². The van der Waals surface area contributed by atoms with E-state index in [-0.39, 0.29) is 0 Å². The van der Waals surface area contributed by atoms with Crippen LogP contribution in [0.2, 0.25) is 0 Å². The Morgan fingerprint density at radius 3 is 2.95 bits per heavy atom. The Morgan fingerprint density at radius 2 is 2.15 bits per heavy atom. The Balaban J connectivity index is 1.28. The Morgan fingerprint density at radius 1 is 1.30 bits per heavy atom. The predicted molar refractivity (Wildman–Crippen MR) is 80.2 cm³/mol. The molecule has 108 valence electrons. The number of para-hydroxylation sites is 1. The SMILES string of the molecule is CC1CC(NCC2Cc3ccccc3O2)CN1C1CC1. The summed E-state index contributed by atoms with van der Waals surface area (Å²) in [5.74, 6) is 1.08. The molecule has 3 heteroatoms. The van der Waals surface area contributed by atoms with Gasteiger partial charge in [0.1, 0.15) is 11.9 Å². The molecule has 1 aromatic rings. The van der Waals surface area contributed by atoms with E-state index in [4.69, 9.17) is 4.74 Å². The van der Waals surface area contributed by atoms with Gasteiger partial charge in [-0.3, -0.25) is 4.90 Å². The molecule has 2 aliphatic heterocycles. The molecule has 1 N–H and O–H groups in total. The average Bonchev–Trinajstić information content (AvgIpc) is 3.09. The Hall–Kier alpha value is -1.06. The number of benzene rings is 1. The van der Waals surface area contributed by atoms with E-state index in [1.54, 1.807) is 0 Å². The van der Waals surface area contributed by atoms with E-state index >= 15 is 0 Å². The molecule has 1 saturated carbocycles. The number of nitrogens with zero attached hydrogens (tertiary/aromatic N) is 1. The van der Waals surface area contributed by atoms with Crippen LogP contribution in [0, 0.1) is 0 Å². The van der Waals surface area contributed by atoms with Crippen LogP contribution >= 0.6 is 0 Å². The van der Waals surface area contributed by atoms with Crippen LogP contribution in [0.3, 0.4) is 0 Å². The largest absolute Gasteiger partial charge is 0.488 e. The maximum atomic E-state index is 6.00. The quantitative estimate of drug-likeness (QED) is 0.909. The summed E-state index contributed by atoms with van der Waals surface area (Å²) in [5, 5.41) is 3.73. The third-order valence-corrected chi connectivity index (χ3v) is 4.99. The van der Waals surface area contributed by atoms with Gasteiger partial charge >= 0.3 is 0 Å². The van der Waals surface area contributed by atoms with Crippen LogP contribution in [-0.2, 0) is 6.42 Å². The fourth-order valence-corrected chi connectivity index (χ4v) is 3.79. The third-order valence-electron chi connectivity index (χ3n) is 4.99. The molecule has 3 atom stereocenters. The molecule has 20 heavy (non-hydrogen) atoms. The molecule has 1 aromatic carbocycles. The zero-order valence-corrected chi connectivity index (χ0v) is 12.2. The molecule has 0 aromatic heterocycles. The van der Waals surface area contributed by atoms with E-state index in [2.05, 4.69) is 41.4 Å². The minimum Gasteiger partial charge on any atom is -0.488 e. The second kappa shape index (κ2) is 5.05. The Kier molecular flexibility index (Phi) is 3.20. The predicted octanol–water partition coefficient (Wildman–Crippen LogP) is 2.20. The van der Waals surface area contributed by atoms with Gasteiger partial charge in [0.2, 0.25) is 0 Å². The third kappa shape index (κ3) is 2.45. The van der Waals surface area contributed by atoms with Crippen LogP contribution in [0.1, 0.15) is 31.7 Å². The Labute approximate surface area is 121 Å². The fraction of sp³-hybridized carbons (Fsp3) is 0.647. The number of nitrogens with one attached hydrogen (secondary N) is 1. The first-order chi connectivity index (χ1) is 9.79. The zero-order valence-electron chi connectivity index (χ0n) is 12.2. The molecular weight excluding hydrogens is 248 g/mol. The molecule has 4 rings (SSSR count). The van der Waals surface area contributed by atoms with Gasteiger partial charge in [-0.1, -0.05) is 18.2 Å². The number of fused-ring (bicyclic) bond motifs is 1. The highest BCUT2D eigenvalue weighted by molar-refractivity contribution is 5.37. The van der Waals surface area contributed by atoms with Crippen LogP contribution in [-0.4, -0.2) is 42.2 Å². The van der Waals surface area contributed by atoms with E-state index < -0.39 is 0 Å². The summed E-state index contributed by atoms with van der Waals surface area (Å²) < 4.78 is 6.00. The highest BCUT2D eigenvalue weighted by atomic mass is 16.5. The topological polar surface area (TPSA) is 24.5 Å². The summed E-state index contributed by atoms with van der Waals surface area (Å²) in [6.45, 7) is 4.58. The zero-order chi connectivity index (χ0) is 13.5. The van der Waals surface area contributed by atoms with Gasteiger partial charge in [-0.05, 0) is 37.8 Å². The highest BCUT2D eigenvalue weighted by Crippen LogP contribution is 2.33. The molecule has 3 nitrogen and oxygen atoms in total. The molecule has 0 spiro atoms. The van der Waals surface area contributed by atoms with Gasteiger partial charge in [-0.2, -0.15) is 0 Å². The molecule has 2 fully saturated rings. The summed E-state index contributed by atoms with van der Waals surface area (Å²) >= 11 is 0. The number of rotatable bonds is 4. The monoisotopic (exact) mass is 272 g/mol. The number of hydrogen-bond acceptors (Lipinski definition) is 3. The van der Waals surface area contributed by atoms with Crippen molar-refractivity contribution in [3.05, 3.63) is 29.8 Å². The summed E-state index contributed by atoms with van der Waals surface area (Å²) in [5.41, 5.74) is 1.36. The molecule has 0 bridgehead atoms. The van der Waals surface area contributed by atoms with E-state index in [9.17, 15) is 0 Å². The smallest absolute Gasteiger partial charge is 0.123 e. The van der Waals surface area contributed by atoms with Crippen LogP contribution in [0.4, 0.5) is 0 Å². The van der Waals surface area contributed by atoms with Crippen LogP contribution in [0.25, 0.3) is 0 Å². The molecule has 3 unspecified atom stereocenters.